The van der Waals surface area contributed by atoms with Crippen LogP contribution in [0.25, 0.3) is 0 Å². The molecule has 0 unspecified atom stereocenters. The highest BCUT2D eigenvalue weighted by Crippen LogP contribution is 2.19. The van der Waals surface area contributed by atoms with E-state index < -0.39 is 0 Å². The summed E-state index contributed by atoms with van der Waals surface area (Å²) in [5.74, 6) is 0.441. The minimum Gasteiger partial charge on any atom is -0.459 e. The van der Waals surface area contributed by atoms with Crippen LogP contribution in [-0.2, 0) is 6.42 Å². The van der Waals surface area contributed by atoms with Gasteiger partial charge in [-0.3, -0.25) is 9.69 Å². The third-order valence-corrected chi connectivity index (χ3v) is 5.26. The van der Waals surface area contributed by atoms with Gasteiger partial charge in [-0.25, -0.2) is 0 Å². The Labute approximate surface area is 162 Å². The predicted molar refractivity (Wildman–Crippen MR) is 107 cm³/mol. The van der Waals surface area contributed by atoms with Gasteiger partial charge in [0.1, 0.15) is 0 Å². The first-order chi connectivity index (χ1) is 12.1. The van der Waals surface area contributed by atoms with E-state index in [1.54, 1.807) is 18.4 Å². The fourth-order valence-electron chi connectivity index (χ4n) is 3.70. The maximum atomic E-state index is 12.6. The number of hydrogen-bond acceptors (Lipinski definition) is 3. The summed E-state index contributed by atoms with van der Waals surface area (Å²) in [6.07, 6.45) is 3.82. The van der Waals surface area contributed by atoms with Crippen LogP contribution in [0, 0.1) is 6.92 Å². The SMILES string of the molecule is Cc1ccccc1CCCN1C[C@H](C)N(C(=O)c2ccco2)C[C@H]1C.Cl. The first kappa shape index (κ1) is 20.5. The fraction of sp³-hybridized carbons (Fsp3) is 0.476. The van der Waals surface area contributed by atoms with E-state index in [9.17, 15) is 4.79 Å². The quantitative estimate of drug-likeness (QED) is 0.785. The molecule has 1 aromatic carbocycles. The molecule has 1 aromatic heterocycles. The third-order valence-electron chi connectivity index (χ3n) is 5.26. The number of benzene rings is 1. The van der Waals surface area contributed by atoms with Gasteiger partial charge in [0.2, 0.25) is 0 Å². The van der Waals surface area contributed by atoms with Gasteiger partial charge in [-0.05, 0) is 63.4 Å². The number of carbonyl (C=O) groups excluding carboxylic acids is 1. The molecule has 0 bridgehead atoms. The molecule has 4 nitrogen and oxygen atoms in total. The van der Waals surface area contributed by atoms with Crippen molar-refractivity contribution in [2.75, 3.05) is 19.6 Å². The molecule has 2 heterocycles. The zero-order chi connectivity index (χ0) is 17.8. The summed E-state index contributed by atoms with van der Waals surface area (Å²) in [7, 11) is 0. The maximum Gasteiger partial charge on any atom is 0.289 e. The number of amides is 1. The molecule has 26 heavy (non-hydrogen) atoms. The van der Waals surface area contributed by atoms with Crippen molar-refractivity contribution in [3.63, 3.8) is 0 Å². The molecule has 0 saturated carbocycles. The molecule has 1 aliphatic rings. The number of rotatable bonds is 5. The van der Waals surface area contributed by atoms with E-state index in [4.69, 9.17) is 4.42 Å². The lowest BCUT2D eigenvalue weighted by atomic mass is 10.0. The summed E-state index contributed by atoms with van der Waals surface area (Å²) in [6.45, 7) is 9.26. The molecule has 142 valence electrons. The van der Waals surface area contributed by atoms with Crippen molar-refractivity contribution in [2.45, 2.75) is 45.7 Å². The van der Waals surface area contributed by atoms with Crippen molar-refractivity contribution < 1.29 is 9.21 Å². The Morgan fingerprint density at radius 2 is 1.88 bits per heavy atom. The molecule has 1 amide bonds. The number of piperazine rings is 1. The van der Waals surface area contributed by atoms with E-state index in [1.165, 1.54) is 11.1 Å². The van der Waals surface area contributed by atoms with Gasteiger partial charge in [-0.2, -0.15) is 0 Å². The topological polar surface area (TPSA) is 36.7 Å². The first-order valence-corrected chi connectivity index (χ1v) is 9.19. The number of halogens is 1. The zero-order valence-electron chi connectivity index (χ0n) is 15.9. The van der Waals surface area contributed by atoms with Gasteiger partial charge in [0.15, 0.2) is 5.76 Å². The van der Waals surface area contributed by atoms with Crippen molar-refractivity contribution in [2.24, 2.45) is 0 Å². The summed E-state index contributed by atoms with van der Waals surface area (Å²) in [5, 5.41) is 0. The summed E-state index contributed by atoms with van der Waals surface area (Å²) in [6, 6.07) is 12.7. The van der Waals surface area contributed by atoms with Gasteiger partial charge in [0.05, 0.1) is 6.26 Å². The van der Waals surface area contributed by atoms with E-state index in [0.717, 1.165) is 32.5 Å². The van der Waals surface area contributed by atoms with Crippen LogP contribution in [0.2, 0.25) is 0 Å². The zero-order valence-corrected chi connectivity index (χ0v) is 16.7. The molecule has 2 aromatic rings. The molecule has 1 saturated heterocycles. The Bertz CT molecular complexity index is 702. The van der Waals surface area contributed by atoms with Crippen LogP contribution in [0.15, 0.2) is 47.1 Å². The second-order valence-electron chi connectivity index (χ2n) is 7.16. The Kier molecular flexibility index (Phi) is 7.30. The van der Waals surface area contributed by atoms with Crippen LogP contribution >= 0.6 is 12.4 Å². The van der Waals surface area contributed by atoms with Gasteiger partial charge in [-0.15, -0.1) is 12.4 Å². The van der Waals surface area contributed by atoms with Crippen molar-refractivity contribution >= 4 is 18.3 Å². The van der Waals surface area contributed by atoms with E-state index in [1.807, 2.05) is 4.90 Å². The number of furan rings is 1. The average molecular weight is 377 g/mol. The van der Waals surface area contributed by atoms with E-state index in [2.05, 4.69) is 49.9 Å². The van der Waals surface area contributed by atoms with Crippen LogP contribution in [0.4, 0.5) is 0 Å². The van der Waals surface area contributed by atoms with Crippen LogP contribution in [-0.4, -0.2) is 47.4 Å². The van der Waals surface area contributed by atoms with Crippen LogP contribution < -0.4 is 0 Å². The monoisotopic (exact) mass is 376 g/mol. The number of nitrogens with zero attached hydrogens (tertiary/aromatic N) is 2. The Balaban J connectivity index is 0.00000243. The van der Waals surface area contributed by atoms with Gasteiger partial charge >= 0.3 is 0 Å². The van der Waals surface area contributed by atoms with Crippen LogP contribution in [0.1, 0.15) is 41.9 Å². The Morgan fingerprint density at radius 1 is 1.12 bits per heavy atom. The van der Waals surface area contributed by atoms with Crippen molar-refractivity contribution in [1.82, 2.24) is 9.80 Å². The molecular formula is C21H29ClN2O2. The number of carbonyl (C=O) groups is 1. The first-order valence-electron chi connectivity index (χ1n) is 9.19. The molecule has 0 spiro atoms. The van der Waals surface area contributed by atoms with E-state index in [0.29, 0.717) is 11.8 Å². The molecule has 0 aliphatic carbocycles. The number of hydrogen-bond donors (Lipinski definition) is 0. The van der Waals surface area contributed by atoms with Gasteiger partial charge in [0.25, 0.3) is 5.91 Å². The maximum absolute atomic E-state index is 12.6. The molecule has 2 atom stereocenters. The van der Waals surface area contributed by atoms with Crippen LogP contribution in [0.5, 0.6) is 0 Å². The fourth-order valence-corrected chi connectivity index (χ4v) is 3.70. The smallest absolute Gasteiger partial charge is 0.289 e. The lowest BCUT2D eigenvalue weighted by molar-refractivity contribution is 0.0290. The summed E-state index contributed by atoms with van der Waals surface area (Å²) >= 11 is 0. The molecule has 0 N–H and O–H groups in total. The molecule has 0 radical (unpaired) electrons. The highest BCUT2D eigenvalue weighted by atomic mass is 35.5. The van der Waals surface area contributed by atoms with Crippen LogP contribution in [0.3, 0.4) is 0 Å². The molecular weight excluding hydrogens is 348 g/mol. The van der Waals surface area contributed by atoms with Crippen molar-refractivity contribution in [1.29, 1.82) is 0 Å². The standard InChI is InChI=1S/C21H28N2O2.ClH/c1-16-8-4-5-9-19(16)10-6-12-22-14-18(3)23(15-17(22)2)21(24)20-11-7-13-25-20;/h4-5,7-9,11,13,17-18H,6,10,12,14-15H2,1-3H3;1H/t17-,18+;/m1./s1. The van der Waals surface area contributed by atoms with Crippen molar-refractivity contribution in [3.05, 3.63) is 59.5 Å². The molecule has 3 rings (SSSR count). The van der Waals surface area contributed by atoms with Gasteiger partial charge in [0, 0.05) is 25.2 Å². The lowest BCUT2D eigenvalue weighted by Crippen LogP contribution is -2.58. The normalized spacial score (nSPS) is 20.7. The van der Waals surface area contributed by atoms with Gasteiger partial charge < -0.3 is 9.32 Å². The Hall–Kier alpha value is -1.78. The highest BCUT2D eigenvalue weighted by Gasteiger charge is 2.32. The van der Waals surface area contributed by atoms with Crippen molar-refractivity contribution in [3.8, 4) is 0 Å². The van der Waals surface area contributed by atoms with E-state index >= 15 is 0 Å². The second-order valence-corrected chi connectivity index (χ2v) is 7.16. The lowest BCUT2D eigenvalue weighted by Gasteiger charge is -2.44. The number of aryl methyl sites for hydroxylation is 2. The van der Waals surface area contributed by atoms with Gasteiger partial charge in [-0.1, -0.05) is 24.3 Å². The molecule has 5 heteroatoms. The summed E-state index contributed by atoms with van der Waals surface area (Å²) in [5.41, 5.74) is 2.81. The van der Waals surface area contributed by atoms with E-state index in [-0.39, 0.29) is 24.4 Å². The highest BCUT2D eigenvalue weighted by molar-refractivity contribution is 5.91. The summed E-state index contributed by atoms with van der Waals surface area (Å²) < 4.78 is 5.28. The second kappa shape index (κ2) is 9.24. The minimum atomic E-state index is 0. The Morgan fingerprint density at radius 3 is 2.58 bits per heavy atom. The molecule has 1 fully saturated rings. The third kappa shape index (κ3) is 4.68. The molecule has 1 aliphatic heterocycles. The largest absolute Gasteiger partial charge is 0.459 e. The average Bonchev–Trinajstić information content (AvgIpc) is 3.13. The summed E-state index contributed by atoms with van der Waals surface area (Å²) in [4.78, 5) is 17.0. The minimum absolute atomic E-state index is 0. The predicted octanol–water partition coefficient (Wildman–Crippen LogP) is 4.18.